The summed E-state index contributed by atoms with van der Waals surface area (Å²) in [6, 6.07) is 5.83. The zero-order chi connectivity index (χ0) is 20.9. The van der Waals surface area contributed by atoms with Crippen molar-refractivity contribution >= 4 is 23.5 Å². The first-order chi connectivity index (χ1) is 13.3. The molecule has 1 aromatic carbocycles. The summed E-state index contributed by atoms with van der Waals surface area (Å²) in [6.07, 6.45) is 0.522. The minimum absolute atomic E-state index is 0.0583. The molecule has 0 aliphatic carbocycles. The van der Waals surface area contributed by atoms with Gasteiger partial charge in [-0.1, -0.05) is 13.8 Å². The first kappa shape index (κ1) is 23.4. The number of nitrogens with one attached hydrogen (secondary N) is 2. The summed E-state index contributed by atoms with van der Waals surface area (Å²) in [5.74, 6) is -0.404. The first-order valence-electron chi connectivity index (χ1n) is 9.18. The molecule has 28 heavy (non-hydrogen) atoms. The van der Waals surface area contributed by atoms with E-state index >= 15 is 0 Å². The van der Waals surface area contributed by atoms with E-state index in [4.69, 9.17) is 20.9 Å². The van der Waals surface area contributed by atoms with E-state index in [9.17, 15) is 9.59 Å². The van der Waals surface area contributed by atoms with Gasteiger partial charge in [0.15, 0.2) is 5.96 Å². The number of nitrogens with zero attached hydrogens (tertiary/aromatic N) is 1. The summed E-state index contributed by atoms with van der Waals surface area (Å²) in [5, 5.41) is 5.58. The lowest BCUT2D eigenvalue weighted by molar-refractivity contribution is -0.123. The van der Waals surface area contributed by atoms with Gasteiger partial charge in [0.25, 0.3) is 5.91 Å². The normalized spacial score (nSPS) is 11.7. The molecule has 9 heteroatoms. The zero-order valence-corrected chi connectivity index (χ0v) is 16.7. The Morgan fingerprint density at radius 1 is 1.11 bits per heavy atom. The maximum absolute atomic E-state index is 12.5. The molecule has 0 saturated heterocycles. The molecule has 2 amide bonds. The van der Waals surface area contributed by atoms with Gasteiger partial charge in [-0.15, -0.1) is 0 Å². The summed E-state index contributed by atoms with van der Waals surface area (Å²) >= 11 is 0. The van der Waals surface area contributed by atoms with Crippen LogP contribution in [0.4, 0.5) is 5.69 Å². The van der Waals surface area contributed by atoms with E-state index in [0.29, 0.717) is 44.0 Å². The van der Waals surface area contributed by atoms with E-state index in [1.54, 1.807) is 31.4 Å². The average Bonchev–Trinajstić information content (AvgIpc) is 2.63. The number of guanidine groups is 1. The molecule has 0 aliphatic rings. The number of ether oxygens (including phenoxy) is 2. The van der Waals surface area contributed by atoms with Crippen LogP contribution in [0.15, 0.2) is 29.3 Å². The Balaban J connectivity index is 2.62. The molecule has 0 saturated carbocycles. The van der Waals surface area contributed by atoms with Crippen LogP contribution in [-0.2, 0) is 14.3 Å². The van der Waals surface area contributed by atoms with Crippen molar-refractivity contribution in [3.8, 4) is 0 Å². The van der Waals surface area contributed by atoms with Gasteiger partial charge in [-0.3, -0.25) is 9.59 Å². The molecule has 9 nitrogen and oxygen atoms in total. The Hall–Kier alpha value is -2.65. The minimum atomic E-state index is -0.635. The van der Waals surface area contributed by atoms with E-state index in [2.05, 4.69) is 15.6 Å². The predicted octanol–water partition coefficient (Wildman–Crippen LogP) is 0.515. The summed E-state index contributed by atoms with van der Waals surface area (Å²) in [5.41, 5.74) is 11.6. The molecule has 1 rings (SSSR count). The maximum Gasteiger partial charge on any atom is 0.251 e. The largest absolute Gasteiger partial charge is 0.382 e. The number of carbonyl (C=O) groups is 2. The lowest BCUT2D eigenvalue weighted by Gasteiger charge is -2.20. The van der Waals surface area contributed by atoms with E-state index in [1.165, 1.54) is 0 Å². The molecule has 0 bridgehead atoms. The second kappa shape index (κ2) is 12.7. The van der Waals surface area contributed by atoms with Crippen molar-refractivity contribution in [1.29, 1.82) is 0 Å². The number of hydrogen-bond donors (Lipinski definition) is 4. The van der Waals surface area contributed by atoms with E-state index in [-0.39, 0.29) is 23.7 Å². The molecule has 6 N–H and O–H groups in total. The number of aliphatic imine (C=N–C) groups is 1. The third-order valence-electron chi connectivity index (χ3n) is 3.69. The van der Waals surface area contributed by atoms with Crippen LogP contribution in [0.5, 0.6) is 0 Å². The Kier molecular flexibility index (Phi) is 10.6. The van der Waals surface area contributed by atoms with Crippen LogP contribution in [0.1, 0.15) is 30.6 Å². The highest BCUT2D eigenvalue weighted by molar-refractivity contribution is 5.97. The van der Waals surface area contributed by atoms with Gasteiger partial charge in [0, 0.05) is 19.2 Å². The van der Waals surface area contributed by atoms with Gasteiger partial charge in [-0.25, -0.2) is 4.99 Å². The number of nitrogens with two attached hydrogens (primary N) is 2. The molecule has 1 aromatic rings. The van der Waals surface area contributed by atoms with E-state index in [0.717, 1.165) is 0 Å². The molecule has 156 valence electrons. The van der Waals surface area contributed by atoms with Gasteiger partial charge in [0.2, 0.25) is 5.91 Å². The lowest BCUT2D eigenvalue weighted by atomic mass is 10.0. The summed E-state index contributed by atoms with van der Waals surface area (Å²) in [6.45, 7) is 5.69. The quantitative estimate of drug-likeness (QED) is 0.232. The second-order valence-corrected chi connectivity index (χ2v) is 6.64. The van der Waals surface area contributed by atoms with Crippen molar-refractivity contribution < 1.29 is 19.1 Å². The molecule has 0 unspecified atom stereocenters. The maximum atomic E-state index is 12.5. The summed E-state index contributed by atoms with van der Waals surface area (Å²) in [7, 11) is 1.60. The molecule has 0 fully saturated rings. The van der Waals surface area contributed by atoms with Crippen LogP contribution in [0, 0.1) is 5.92 Å². The van der Waals surface area contributed by atoms with Gasteiger partial charge in [0.05, 0.1) is 25.5 Å². The van der Waals surface area contributed by atoms with Gasteiger partial charge < -0.3 is 31.6 Å². The molecule has 0 radical (unpaired) electrons. The van der Waals surface area contributed by atoms with Crippen LogP contribution in [0.3, 0.4) is 0 Å². The smallest absolute Gasteiger partial charge is 0.251 e. The van der Waals surface area contributed by atoms with Crippen LogP contribution in [0.25, 0.3) is 0 Å². The summed E-state index contributed by atoms with van der Waals surface area (Å²) < 4.78 is 10.2. The van der Waals surface area contributed by atoms with Gasteiger partial charge in [0.1, 0.15) is 6.04 Å². The second-order valence-electron chi connectivity index (χ2n) is 6.64. The van der Waals surface area contributed by atoms with Crippen molar-refractivity contribution in [3.63, 3.8) is 0 Å². The molecular weight excluding hydrogens is 362 g/mol. The number of hydrogen-bond acceptors (Lipinski definition) is 5. The number of methoxy groups -OCH3 is 1. The van der Waals surface area contributed by atoms with Crippen LogP contribution in [0.2, 0.25) is 0 Å². The fraction of sp³-hybridized carbons (Fsp3) is 0.526. The van der Waals surface area contributed by atoms with Crippen LogP contribution in [-0.4, -0.2) is 57.3 Å². The Morgan fingerprint density at radius 3 is 2.36 bits per heavy atom. The van der Waals surface area contributed by atoms with E-state index < -0.39 is 6.04 Å². The Bertz CT molecular complexity index is 642. The molecule has 1 atom stereocenters. The highest BCUT2D eigenvalue weighted by Crippen LogP contribution is 2.13. The molecular formula is C19H31N5O4. The van der Waals surface area contributed by atoms with Gasteiger partial charge in [-0.05, 0) is 36.6 Å². The third kappa shape index (κ3) is 9.33. The van der Waals surface area contributed by atoms with Crippen molar-refractivity contribution in [2.24, 2.45) is 22.4 Å². The number of amides is 2. The SMILES string of the molecule is COCCOCCNC(=O)[C@H](CC(C)C)NC(=O)c1ccc(N=C(N)N)cc1. The Morgan fingerprint density at radius 2 is 1.79 bits per heavy atom. The summed E-state index contributed by atoms with van der Waals surface area (Å²) in [4.78, 5) is 28.9. The van der Waals surface area contributed by atoms with Crippen LogP contribution >= 0.6 is 0 Å². The average molecular weight is 393 g/mol. The fourth-order valence-corrected chi connectivity index (χ4v) is 2.39. The number of carbonyl (C=O) groups excluding carboxylic acids is 2. The van der Waals surface area contributed by atoms with Gasteiger partial charge >= 0.3 is 0 Å². The molecule has 0 spiro atoms. The molecule has 0 heterocycles. The van der Waals surface area contributed by atoms with Gasteiger partial charge in [-0.2, -0.15) is 0 Å². The van der Waals surface area contributed by atoms with Crippen molar-refractivity contribution in [3.05, 3.63) is 29.8 Å². The van der Waals surface area contributed by atoms with E-state index in [1.807, 2.05) is 13.8 Å². The molecule has 0 aliphatic heterocycles. The fourth-order valence-electron chi connectivity index (χ4n) is 2.39. The highest BCUT2D eigenvalue weighted by Gasteiger charge is 2.22. The van der Waals surface area contributed by atoms with Crippen molar-refractivity contribution in [1.82, 2.24) is 10.6 Å². The van der Waals surface area contributed by atoms with Crippen LogP contribution < -0.4 is 22.1 Å². The number of rotatable bonds is 12. The third-order valence-corrected chi connectivity index (χ3v) is 3.69. The Labute approximate surface area is 165 Å². The predicted molar refractivity (Wildman–Crippen MR) is 108 cm³/mol. The van der Waals surface area contributed by atoms with Crippen molar-refractivity contribution in [2.45, 2.75) is 26.3 Å². The monoisotopic (exact) mass is 393 g/mol. The first-order valence-corrected chi connectivity index (χ1v) is 9.18. The topological polar surface area (TPSA) is 141 Å². The number of benzene rings is 1. The molecule has 0 aromatic heterocycles. The zero-order valence-electron chi connectivity index (χ0n) is 16.7. The highest BCUT2D eigenvalue weighted by atomic mass is 16.5. The van der Waals surface area contributed by atoms with Crippen molar-refractivity contribution in [2.75, 3.05) is 33.5 Å². The standard InChI is InChI=1S/C19H31N5O4/c1-13(2)12-16(18(26)22-8-9-28-11-10-27-3)24-17(25)14-4-6-15(7-5-14)23-19(20)21/h4-7,13,16H,8-12H2,1-3H3,(H,22,26)(H,24,25)(H4,20,21,23)/t16-/m0/s1. The minimum Gasteiger partial charge on any atom is -0.382 e. The lowest BCUT2D eigenvalue weighted by Crippen LogP contribution is -2.48.